The molecule has 0 saturated heterocycles. The molecule has 0 spiro atoms. The number of hydrogen-bond donors (Lipinski definition) is 2. The summed E-state index contributed by atoms with van der Waals surface area (Å²) in [7, 11) is 0. The van der Waals surface area contributed by atoms with Crippen LogP contribution in [0.3, 0.4) is 0 Å². The first kappa shape index (κ1) is 13.1. The smallest absolute Gasteiger partial charge is 0.0640 e. The molecule has 0 aliphatic heterocycles. The highest BCUT2D eigenvalue weighted by molar-refractivity contribution is 5.03. The van der Waals surface area contributed by atoms with Gasteiger partial charge in [0.2, 0.25) is 0 Å². The summed E-state index contributed by atoms with van der Waals surface area (Å²) in [5.41, 5.74) is 4.15. The molecule has 19 heavy (non-hydrogen) atoms. The van der Waals surface area contributed by atoms with E-state index in [1.54, 1.807) is 0 Å². The number of aromatic nitrogens is 2. The van der Waals surface area contributed by atoms with E-state index in [1.165, 1.54) is 57.1 Å². The summed E-state index contributed by atoms with van der Waals surface area (Å²) in [4.78, 5) is 0. The minimum Gasteiger partial charge on any atom is -0.271 e. The number of rotatable bonds is 6. The van der Waals surface area contributed by atoms with Gasteiger partial charge < -0.3 is 0 Å². The lowest BCUT2D eigenvalue weighted by atomic mass is 9.96. The van der Waals surface area contributed by atoms with E-state index in [-0.39, 0.29) is 0 Å². The van der Waals surface area contributed by atoms with Crippen LogP contribution in [0.1, 0.15) is 63.1 Å². The number of hydrazine groups is 1. The van der Waals surface area contributed by atoms with E-state index in [0.29, 0.717) is 12.1 Å². The predicted octanol–water partition coefficient (Wildman–Crippen LogP) is 2.56. The van der Waals surface area contributed by atoms with Gasteiger partial charge in [0.25, 0.3) is 0 Å². The molecule has 1 heterocycles. The second-order valence-corrected chi connectivity index (χ2v) is 6.33. The van der Waals surface area contributed by atoms with E-state index in [4.69, 9.17) is 10.9 Å². The first-order valence-corrected chi connectivity index (χ1v) is 7.85. The standard InChI is InChI=1S/C15H26N4/c16-17-14(10-12-6-7-12)11-13-8-9-19(18-13)15-4-2-1-3-5-15/h8-9,12,14-15,17H,1-7,10-11,16H2. The van der Waals surface area contributed by atoms with Crippen molar-refractivity contribution in [1.29, 1.82) is 0 Å². The molecule has 1 atom stereocenters. The highest BCUT2D eigenvalue weighted by Crippen LogP contribution is 2.34. The van der Waals surface area contributed by atoms with Crippen molar-refractivity contribution in [3.63, 3.8) is 0 Å². The maximum Gasteiger partial charge on any atom is 0.0640 e. The van der Waals surface area contributed by atoms with Gasteiger partial charge in [-0.25, -0.2) is 0 Å². The highest BCUT2D eigenvalue weighted by Gasteiger charge is 2.25. The molecule has 0 bridgehead atoms. The topological polar surface area (TPSA) is 55.9 Å². The van der Waals surface area contributed by atoms with E-state index in [1.807, 2.05) is 0 Å². The molecular weight excluding hydrogens is 236 g/mol. The van der Waals surface area contributed by atoms with Gasteiger partial charge in [0.05, 0.1) is 11.7 Å². The Morgan fingerprint density at radius 1 is 1.26 bits per heavy atom. The minimum absolute atomic E-state index is 0.391. The monoisotopic (exact) mass is 262 g/mol. The summed E-state index contributed by atoms with van der Waals surface area (Å²) in [5, 5.41) is 4.77. The predicted molar refractivity (Wildman–Crippen MR) is 76.5 cm³/mol. The van der Waals surface area contributed by atoms with Crippen molar-refractivity contribution < 1.29 is 0 Å². The van der Waals surface area contributed by atoms with Crippen LogP contribution in [0.25, 0.3) is 0 Å². The Bertz CT molecular complexity index is 391. The Hall–Kier alpha value is -0.870. The Morgan fingerprint density at radius 3 is 2.74 bits per heavy atom. The maximum atomic E-state index is 5.66. The molecule has 0 aromatic carbocycles. The molecule has 4 nitrogen and oxygen atoms in total. The fraction of sp³-hybridized carbons (Fsp3) is 0.800. The summed E-state index contributed by atoms with van der Waals surface area (Å²) < 4.78 is 2.19. The second kappa shape index (κ2) is 6.06. The molecule has 2 aliphatic carbocycles. The third-order valence-electron chi connectivity index (χ3n) is 4.62. The Balaban J connectivity index is 1.56. The Kier molecular flexibility index (Phi) is 4.18. The van der Waals surface area contributed by atoms with E-state index in [2.05, 4.69) is 22.4 Å². The summed E-state index contributed by atoms with van der Waals surface area (Å²) in [5.74, 6) is 6.57. The van der Waals surface area contributed by atoms with Gasteiger partial charge in [0.15, 0.2) is 0 Å². The molecule has 106 valence electrons. The fourth-order valence-corrected chi connectivity index (χ4v) is 3.25. The SMILES string of the molecule is NNC(Cc1ccn(C2CCCCC2)n1)CC1CC1. The molecule has 2 fully saturated rings. The van der Waals surface area contributed by atoms with Crippen LogP contribution in [-0.2, 0) is 6.42 Å². The van der Waals surface area contributed by atoms with Gasteiger partial charge in [0, 0.05) is 18.7 Å². The molecule has 0 radical (unpaired) electrons. The number of nitrogens with two attached hydrogens (primary N) is 1. The lowest BCUT2D eigenvalue weighted by molar-refractivity contribution is 0.327. The van der Waals surface area contributed by atoms with Crippen molar-refractivity contribution in [2.75, 3.05) is 0 Å². The summed E-state index contributed by atoms with van der Waals surface area (Å²) in [6.45, 7) is 0. The first-order valence-electron chi connectivity index (χ1n) is 7.85. The molecule has 3 N–H and O–H groups in total. The third kappa shape index (κ3) is 3.57. The van der Waals surface area contributed by atoms with Crippen molar-refractivity contribution in [3.8, 4) is 0 Å². The average molecular weight is 262 g/mol. The van der Waals surface area contributed by atoms with Crippen molar-refractivity contribution in [1.82, 2.24) is 15.2 Å². The second-order valence-electron chi connectivity index (χ2n) is 6.33. The zero-order valence-corrected chi connectivity index (χ0v) is 11.7. The first-order chi connectivity index (χ1) is 9.35. The maximum absolute atomic E-state index is 5.66. The van der Waals surface area contributed by atoms with Crippen molar-refractivity contribution in [2.24, 2.45) is 11.8 Å². The van der Waals surface area contributed by atoms with Gasteiger partial charge in [-0.2, -0.15) is 5.10 Å². The van der Waals surface area contributed by atoms with Crippen molar-refractivity contribution in [3.05, 3.63) is 18.0 Å². The van der Waals surface area contributed by atoms with Crippen LogP contribution < -0.4 is 11.3 Å². The van der Waals surface area contributed by atoms with Gasteiger partial charge >= 0.3 is 0 Å². The van der Waals surface area contributed by atoms with Crippen LogP contribution in [-0.4, -0.2) is 15.8 Å². The van der Waals surface area contributed by atoms with Crippen LogP contribution in [0.2, 0.25) is 0 Å². The van der Waals surface area contributed by atoms with Crippen LogP contribution in [0.4, 0.5) is 0 Å². The van der Waals surface area contributed by atoms with Gasteiger partial charge in [0.1, 0.15) is 0 Å². The molecule has 2 aliphatic rings. The van der Waals surface area contributed by atoms with Crippen molar-refractivity contribution in [2.45, 2.75) is 69.9 Å². The normalized spacial score (nSPS) is 22.6. The Labute approximate surface area is 115 Å². The third-order valence-corrected chi connectivity index (χ3v) is 4.62. The zero-order valence-electron chi connectivity index (χ0n) is 11.7. The lowest BCUT2D eigenvalue weighted by Gasteiger charge is -2.22. The van der Waals surface area contributed by atoms with Crippen LogP contribution in [0.15, 0.2) is 12.3 Å². The summed E-state index contributed by atoms with van der Waals surface area (Å²) in [6, 6.07) is 3.20. The van der Waals surface area contributed by atoms with E-state index >= 15 is 0 Å². The molecule has 1 aromatic rings. The molecule has 0 amide bonds. The van der Waals surface area contributed by atoms with E-state index in [9.17, 15) is 0 Å². The number of nitrogens with zero attached hydrogens (tertiary/aromatic N) is 2. The Morgan fingerprint density at radius 2 is 2.05 bits per heavy atom. The van der Waals surface area contributed by atoms with Gasteiger partial charge in [-0.05, 0) is 31.2 Å². The van der Waals surface area contributed by atoms with Gasteiger partial charge in [-0.15, -0.1) is 0 Å². The quantitative estimate of drug-likeness (QED) is 0.612. The van der Waals surface area contributed by atoms with E-state index < -0.39 is 0 Å². The van der Waals surface area contributed by atoms with Crippen molar-refractivity contribution >= 4 is 0 Å². The van der Waals surface area contributed by atoms with Gasteiger partial charge in [-0.3, -0.25) is 16.0 Å². The molecule has 4 heteroatoms. The lowest BCUT2D eigenvalue weighted by Crippen LogP contribution is -2.37. The zero-order chi connectivity index (χ0) is 13.1. The minimum atomic E-state index is 0.391. The molecule has 1 unspecified atom stereocenters. The molecule has 3 rings (SSSR count). The number of nitrogens with one attached hydrogen (secondary N) is 1. The van der Waals surface area contributed by atoms with Gasteiger partial charge in [-0.1, -0.05) is 32.1 Å². The average Bonchev–Trinajstić information content (AvgIpc) is 3.15. The van der Waals surface area contributed by atoms with Crippen LogP contribution >= 0.6 is 0 Å². The largest absolute Gasteiger partial charge is 0.271 e. The number of hydrogen-bond acceptors (Lipinski definition) is 3. The molecule has 2 saturated carbocycles. The van der Waals surface area contributed by atoms with Crippen LogP contribution in [0, 0.1) is 5.92 Å². The fourth-order valence-electron chi connectivity index (χ4n) is 3.25. The molecular formula is C15H26N4. The summed E-state index contributed by atoms with van der Waals surface area (Å²) >= 11 is 0. The molecule has 1 aromatic heterocycles. The van der Waals surface area contributed by atoms with Crippen LogP contribution in [0.5, 0.6) is 0 Å². The summed E-state index contributed by atoms with van der Waals surface area (Å²) in [6.07, 6.45) is 13.8. The van der Waals surface area contributed by atoms with E-state index in [0.717, 1.165) is 12.3 Å². The highest BCUT2D eigenvalue weighted by atomic mass is 15.3.